The SMILES string of the molecule is CN(C)CCN1CCN(CCN2CCC(N)CC2)CC1. The summed E-state index contributed by atoms with van der Waals surface area (Å²) in [6, 6.07) is 0.450. The standard InChI is InChI=1S/C15H33N5/c1-17(2)7-8-19-11-13-20(14-12-19)10-9-18-5-3-15(16)4-6-18/h15H,3-14,16H2,1-2H3. The molecule has 2 N–H and O–H groups in total. The molecule has 118 valence electrons. The highest BCUT2D eigenvalue weighted by atomic mass is 15.3. The molecule has 5 heteroatoms. The van der Waals surface area contributed by atoms with Gasteiger partial charge in [-0.1, -0.05) is 0 Å². The number of hydrogen-bond donors (Lipinski definition) is 1. The van der Waals surface area contributed by atoms with Gasteiger partial charge in [0, 0.05) is 58.4 Å². The van der Waals surface area contributed by atoms with Gasteiger partial charge in [0.15, 0.2) is 0 Å². The Morgan fingerprint density at radius 3 is 1.75 bits per heavy atom. The lowest BCUT2D eigenvalue weighted by atomic mass is 10.1. The fourth-order valence-corrected chi connectivity index (χ4v) is 3.04. The molecule has 0 aromatic carbocycles. The van der Waals surface area contributed by atoms with Crippen molar-refractivity contribution in [3.05, 3.63) is 0 Å². The predicted molar refractivity (Wildman–Crippen MR) is 85.1 cm³/mol. The Labute approximate surface area is 124 Å². The fraction of sp³-hybridized carbons (Fsp3) is 1.00. The molecule has 0 amide bonds. The quantitative estimate of drug-likeness (QED) is 0.717. The van der Waals surface area contributed by atoms with Crippen molar-refractivity contribution in [2.24, 2.45) is 5.73 Å². The average molecular weight is 283 g/mol. The molecule has 5 nitrogen and oxygen atoms in total. The molecule has 0 aliphatic carbocycles. The van der Waals surface area contributed by atoms with Crippen molar-refractivity contribution in [2.75, 3.05) is 79.5 Å². The smallest absolute Gasteiger partial charge is 0.0110 e. The van der Waals surface area contributed by atoms with Crippen LogP contribution in [0.25, 0.3) is 0 Å². The molecule has 0 aromatic heterocycles. The Hall–Kier alpha value is -0.200. The van der Waals surface area contributed by atoms with Gasteiger partial charge in [0.2, 0.25) is 0 Å². The van der Waals surface area contributed by atoms with Gasteiger partial charge < -0.3 is 15.5 Å². The van der Waals surface area contributed by atoms with Gasteiger partial charge in [-0.3, -0.25) is 9.80 Å². The van der Waals surface area contributed by atoms with E-state index in [1.807, 2.05) is 0 Å². The summed E-state index contributed by atoms with van der Waals surface area (Å²) in [6.07, 6.45) is 2.36. The number of piperazine rings is 1. The first-order valence-corrected chi connectivity index (χ1v) is 8.21. The molecule has 0 bridgehead atoms. The van der Waals surface area contributed by atoms with E-state index in [1.165, 1.54) is 78.3 Å². The summed E-state index contributed by atoms with van der Waals surface area (Å²) in [5.41, 5.74) is 5.95. The zero-order valence-electron chi connectivity index (χ0n) is 13.4. The van der Waals surface area contributed by atoms with Gasteiger partial charge in [-0.25, -0.2) is 0 Å². The van der Waals surface area contributed by atoms with Gasteiger partial charge in [-0.2, -0.15) is 0 Å². The van der Waals surface area contributed by atoms with E-state index >= 15 is 0 Å². The Balaban J connectivity index is 1.55. The van der Waals surface area contributed by atoms with Crippen LogP contribution >= 0.6 is 0 Å². The highest BCUT2D eigenvalue weighted by molar-refractivity contribution is 4.77. The number of nitrogens with two attached hydrogens (primary N) is 1. The molecule has 0 atom stereocenters. The second-order valence-corrected chi connectivity index (χ2v) is 6.67. The second-order valence-electron chi connectivity index (χ2n) is 6.67. The molecule has 2 saturated heterocycles. The van der Waals surface area contributed by atoms with Gasteiger partial charge >= 0.3 is 0 Å². The molecule has 2 fully saturated rings. The highest BCUT2D eigenvalue weighted by Crippen LogP contribution is 2.08. The number of rotatable bonds is 6. The van der Waals surface area contributed by atoms with E-state index in [9.17, 15) is 0 Å². The number of likely N-dealkylation sites (N-methyl/N-ethyl adjacent to an activating group) is 1. The third-order valence-corrected chi connectivity index (χ3v) is 4.69. The van der Waals surface area contributed by atoms with Crippen molar-refractivity contribution < 1.29 is 0 Å². The van der Waals surface area contributed by atoms with E-state index in [0.717, 1.165) is 0 Å². The fourth-order valence-electron chi connectivity index (χ4n) is 3.04. The lowest BCUT2D eigenvalue weighted by Gasteiger charge is -2.37. The molecular formula is C15H33N5. The van der Waals surface area contributed by atoms with Crippen LogP contribution in [-0.2, 0) is 0 Å². The van der Waals surface area contributed by atoms with Gasteiger partial charge in [0.25, 0.3) is 0 Å². The summed E-state index contributed by atoms with van der Waals surface area (Å²) >= 11 is 0. The van der Waals surface area contributed by atoms with Crippen LogP contribution in [0.1, 0.15) is 12.8 Å². The summed E-state index contributed by atoms with van der Waals surface area (Å²) < 4.78 is 0. The van der Waals surface area contributed by atoms with Gasteiger partial charge in [-0.15, -0.1) is 0 Å². The second kappa shape index (κ2) is 8.29. The third-order valence-electron chi connectivity index (χ3n) is 4.69. The molecule has 0 radical (unpaired) electrons. The van der Waals surface area contributed by atoms with Crippen LogP contribution < -0.4 is 5.73 Å². The molecule has 2 heterocycles. The van der Waals surface area contributed by atoms with Crippen molar-refractivity contribution >= 4 is 0 Å². The van der Waals surface area contributed by atoms with E-state index < -0.39 is 0 Å². The van der Waals surface area contributed by atoms with E-state index in [0.29, 0.717) is 6.04 Å². The topological polar surface area (TPSA) is 39.0 Å². The Bertz CT molecular complexity index is 255. The summed E-state index contributed by atoms with van der Waals surface area (Å²) in [7, 11) is 4.31. The van der Waals surface area contributed by atoms with Crippen molar-refractivity contribution in [1.82, 2.24) is 19.6 Å². The number of nitrogens with zero attached hydrogens (tertiary/aromatic N) is 4. The van der Waals surface area contributed by atoms with E-state index in [2.05, 4.69) is 33.7 Å². The Morgan fingerprint density at radius 2 is 1.25 bits per heavy atom. The third kappa shape index (κ3) is 5.66. The summed E-state index contributed by atoms with van der Waals surface area (Å²) in [4.78, 5) is 10.1. The van der Waals surface area contributed by atoms with E-state index in [4.69, 9.17) is 5.73 Å². The molecule has 0 aromatic rings. The molecule has 20 heavy (non-hydrogen) atoms. The molecule has 2 aliphatic rings. The van der Waals surface area contributed by atoms with Crippen LogP contribution in [0.5, 0.6) is 0 Å². The van der Waals surface area contributed by atoms with Crippen molar-refractivity contribution in [1.29, 1.82) is 0 Å². The summed E-state index contributed by atoms with van der Waals surface area (Å²) in [6.45, 7) is 12.2. The summed E-state index contributed by atoms with van der Waals surface area (Å²) in [5, 5.41) is 0. The molecule has 0 saturated carbocycles. The zero-order valence-corrected chi connectivity index (χ0v) is 13.4. The van der Waals surface area contributed by atoms with Crippen molar-refractivity contribution in [3.8, 4) is 0 Å². The number of likely N-dealkylation sites (tertiary alicyclic amines) is 1. The van der Waals surface area contributed by atoms with Gasteiger partial charge in [0.05, 0.1) is 0 Å². The number of piperidine rings is 1. The Morgan fingerprint density at radius 1 is 0.800 bits per heavy atom. The molecule has 0 unspecified atom stereocenters. The van der Waals surface area contributed by atoms with Crippen LogP contribution in [0, 0.1) is 0 Å². The van der Waals surface area contributed by atoms with Crippen LogP contribution in [0.15, 0.2) is 0 Å². The normalized spacial score (nSPS) is 24.6. The zero-order chi connectivity index (χ0) is 14.4. The average Bonchev–Trinajstić information content (AvgIpc) is 2.45. The van der Waals surface area contributed by atoms with Crippen molar-refractivity contribution in [3.63, 3.8) is 0 Å². The first-order valence-electron chi connectivity index (χ1n) is 8.21. The lowest BCUT2D eigenvalue weighted by molar-refractivity contribution is 0.108. The minimum absolute atomic E-state index is 0.450. The molecule has 0 spiro atoms. The largest absolute Gasteiger partial charge is 0.328 e. The monoisotopic (exact) mass is 283 g/mol. The highest BCUT2D eigenvalue weighted by Gasteiger charge is 2.19. The predicted octanol–water partition coefficient (Wildman–Crippen LogP) is -0.411. The molecule has 2 aliphatic heterocycles. The van der Waals surface area contributed by atoms with Gasteiger partial charge in [-0.05, 0) is 40.0 Å². The van der Waals surface area contributed by atoms with Crippen LogP contribution in [0.2, 0.25) is 0 Å². The Kier molecular flexibility index (Phi) is 6.71. The first kappa shape index (κ1) is 16.2. The lowest BCUT2D eigenvalue weighted by Crippen LogP contribution is -2.50. The maximum absolute atomic E-state index is 5.95. The van der Waals surface area contributed by atoms with Crippen LogP contribution in [0.3, 0.4) is 0 Å². The first-order chi connectivity index (χ1) is 9.63. The van der Waals surface area contributed by atoms with Crippen LogP contribution in [-0.4, -0.2) is 105 Å². The summed E-state index contributed by atoms with van der Waals surface area (Å²) in [5.74, 6) is 0. The van der Waals surface area contributed by atoms with E-state index in [1.54, 1.807) is 0 Å². The number of hydrogen-bond acceptors (Lipinski definition) is 5. The van der Waals surface area contributed by atoms with Gasteiger partial charge in [0.1, 0.15) is 0 Å². The molecule has 2 rings (SSSR count). The maximum atomic E-state index is 5.95. The van der Waals surface area contributed by atoms with Crippen molar-refractivity contribution in [2.45, 2.75) is 18.9 Å². The minimum Gasteiger partial charge on any atom is -0.328 e. The van der Waals surface area contributed by atoms with Crippen LogP contribution in [0.4, 0.5) is 0 Å². The molecular weight excluding hydrogens is 250 g/mol. The maximum Gasteiger partial charge on any atom is 0.0110 e. The minimum atomic E-state index is 0.450. The van der Waals surface area contributed by atoms with E-state index in [-0.39, 0.29) is 0 Å².